The minimum atomic E-state index is -0.366. The number of aromatic amines is 1. The number of nitrogens with one attached hydrogen (secondary N) is 2. The zero-order valence-corrected chi connectivity index (χ0v) is 11.3. The van der Waals surface area contributed by atoms with Gasteiger partial charge in [0.15, 0.2) is 5.82 Å². The third-order valence-electron chi connectivity index (χ3n) is 3.16. The van der Waals surface area contributed by atoms with Crippen molar-refractivity contribution in [3.63, 3.8) is 0 Å². The van der Waals surface area contributed by atoms with E-state index in [4.69, 9.17) is 0 Å². The number of hydrogen-bond donors (Lipinski definition) is 2. The van der Waals surface area contributed by atoms with Gasteiger partial charge in [0.1, 0.15) is 0 Å². The Labute approximate surface area is 111 Å². The first-order chi connectivity index (χ1) is 8.93. The maximum absolute atomic E-state index is 12.1. The van der Waals surface area contributed by atoms with E-state index in [1.807, 2.05) is 20.8 Å². The normalized spacial score (nSPS) is 11.5. The lowest BCUT2D eigenvalue weighted by molar-refractivity contribution is 0.0900. The molecule has 0 radical (unpaired) electrons. The molecule has 1 amide bonds. The minimum absolute atomic E-state index is 0.0465. The van der Waals surface area contributed by atoms with Gasteiger partial charge in [-0.2, -0.15) is 0 Å². The fraction of sp³-hybridized carbons (Fsp3) is 0.357. The van der Waals surface area contributed by atoms with Crippen molar-refractivity contribution in [2.45, 2.75) is 32.7 Å². The van der Waals surface area contributed by atoms with Gasteiger partial charge < -0.3 is 10.3 Å². The first-order valence-electron chi connectivity index (χ1n) is 6.24. The van der Waals surface area contributed by atoms with Crippen LogP contribution in [0.2, 0.25) is 0 Å². The lowest BCUT2D eigenvalue weighted by atomic mass is 10.0. The molecule has 100 valence electrons. The van der Waals surface area contributed by atoms with Crippen LogP contribution in [-0.4, -0.2) is 21.4 Å². The highest BCUT2D eigenvalue weighted by molar-refractivity contribution is 5.93. The van der Waals surface area contributed by atoms with Crippen molar-refractivity contribution in [2.24, 2.45) is 0 Å². The van der Waals surface area contributed by atoms with Crippen LogP contribution in [0.25, 0.3) is 10.9 Å². The number of carbonyl (C=O) groups is 1. The first-order valence-corrected chi connectivity index (χ1v) is 6.24. The van der Waals surface area contributed by atoms with Crippen molar-refractivity contribution in [1.82, 2.24) is 15.3 Å². The second kappa shape index (κ2) is 4.84. The zero-order valence-electron chi connectivity index (χ0n) is 11.3. The maximum atomic E-state index is 12.1. The fourth-order valence-electron chi connectivity index (χ4n) is 1.65. The van der Waals surface area contributed by atoms with E-state index in [9.17, 15) is 9.59 Å². The summed E-state index contributed by atoms with van der Waals surface area (Å²) in [6.45, 7) is 5.82. The number of benzene rings is 1. The molecule has 1 aromatic heterocycles. The Morgan fingerprint density at radius 2 is 2.05 bits per heavy atom. The molecule has 0 aliphatic carbocycles. The lowest BCUT2D eigenvalue weighted by Crippen LogP contribution is -2.43. The number of fused-ring (bicyclic) bond motifs is 1. The average molecular weight is 259 g/mol. The molecule has 0 aliphatic heterocycles. The Morgan fingerprint density at radius 3 is 2.74 bits per heavy atom. The molecule has 19 heavy (non-hydrogen) atoms. The molecule has 0 atom stereocenters. The summed E-state index contributed by atoms with van der Waals surface area (Å²) >= 11 is 0. The number of H-pyrrole nitrogens is 1. The Balaban J connectivity index is 2.41. The Morgan fingerprint density at radius 1 is 1.37 bits per heavy atom. The summed E-state index contributed by atoms with van der Waals surface area (Å²) in [7, 11) is 0. The molecule has 0 unspecified atom stereocenters. The van der Waals surface area contributed by atoms with Crippen LogP contribution < -0.4 is 10.9 Å². The summed E-state index contributed by atoms with van der Waals surface area (Å²) in [5, 5.41) is 3.32. The largest absolute Gasteiger partial charge is 0.345 e. The molecule has 0 spiro atoms. The van der Waals surface area contributed by atoms with E-state index in [0.29, 0.717) is 10.9 Å². The van der Waals surface area contributed by atoms with Crippen molar-refractivity contribution in [3.05, 3.63) is 40.4 Å². The van der Waals surface area contributed by atoms with Gasteiger partial charge in [-0.25, -0.2) is 4.98 Å². The molecule has 0 saturated heterocycles. The van der Waals surface area contributed by atoms with Crippen LogP contribution in [0.5, 0.6) is 0 Å². The minimum Gasteiger partial charge on any atom is -0.345 e. The quantitative estimate of drug-likeness (QED) is 0.883. The fourth-order valence-corrected chi connectivity index (χ4v) is 1.65. The highest BCUT2D eigenvalue weighted by atomic mass is 16.2. The average Bonchev–Trinajstić information content (AvgIpc) is 2.38. The van der Waals surface area contributed by atoms with Gasteiger partial charge in [0.05, 0.1) is 10.9 Å². The van der Waals surface area contributed by atoms with Crippen molar-refractivity contribution >= 4 is 16.8 Å². The van der Waals surface area contributed by atoms with Crippen molar-refractivity contribution < 1.29 is 4.79 Å². The number of nitrogens with zero attached hydrogens (tertiary/aromatic N) is 1. The standard InChI is InChI=1S/C14H17N3O2/c1-4-14(2,3)17-13(19)11-15-10-8-6-5-7-9(10)12(18)16-11/h5-8H,4H2,1-3H3,(H,17,19)(H,15,16,18). The number of rotatable bonds is 3. The summed E-state index contributed by atoms with van der Waals surface area (Å²) < 4.78 is 0. The smallest absolute Gasteiger partial charge is 0.287 e. The highest BCUT2D eigenvalue weighted by Gasteiger charge is 2.20. The predicted molar refractivity (Wildman–Crippen MR) is 74.2 cm³/mol. The van der Waals surface area contributed by atoms with Gasteiger partial charge in [-0.3, -0.25) is 9.59 Å². The molecule has 0 aliphatic rings. The van der Waals surface area contributed by atoms with Gasteiger partial charge in [0.25, 0.3) is 11.5 Å². The third kappa shape index (κ3) is 2.81. The van der Waals surface area contributed by atoms with Crippen LogP contribution in [0, 0.1) is 0 Å². The number of hydrogen-bond acceptors (Lipinski definition) is 3. The van der Waals surface area contributed by atoms with Gasteiger partial charge in [-0.05, 0) is 32.4 Å². The van der Waals surface area contributed by atoms with Crippen LogP contribution in [0.15, 0.2) is 29.1 Å². The molecule has 0 bridgehead atoms. The van der Waals surface area contributed by atoms with E-state index in [-0.39, 0.29) is 22.8 Å². The molecular weight excluding hydrogens is 242 g/mol. The number of amides is 1. The van der Waals surface area contributed by atoms with Gasteiger partial charge >= 0.3 is 0 Å². The van der Waals surface area contributed by atoms with Crippen LogP contribution in [0.4, 0.5) is 0 Å². The molecule has 1 heterocycles. The van der Waals surface area contributed by atoms with Crippen LogP contribution >= 0.6 is 0 Å². The van der Waals surface area contributed by atoms with Crippen LogP contribution in [0.3, 0.4) is 0 Å². The van der Waals surface area contributed by atoms with E-state index in [1.165, 1.54) is 0 Å². The molecule has 2 N–H and O–H groups in total. The van der Waals surface area contributed by atoms with Crippen molar-refractivity contribution in [2.75, 3.05) is 0 Å². The highest BCUT2D eigenvalue weighted by Crippen LogP contribution is 2.09. The first kappa shape index (κ1) is 13.3. The number of para-hydroxylation sites is 1. The van der Waals surface area contributed by atoms with E-state index in [1.54, 1.807) is 24.3 Å². The summed E-state index contributed by atoms with van der Waals surface area (Å²) in [6.07, 6.45) is 0.788. The van der Waals surface area contributed by atoms with Crippen molar-refractivity contribution in [1.29, 1.82) is 0 Å². The van der Waals surface area contributed by atoms with Crippen LogP contribution in [0.1, 0.15) is 37.8 Å². The molecule has 2 rings (SSSR count). The monoisotopic (exact) mass is 259 g/mol. The van der Waals surface area contributed by atoms with Crippen molar-refractivity contribution in [3.8, 4) is 0 Å². The summed E-state index contributed by atoms with van der Waals surface area (Å²) in [4.78, 5) is 30.6. The van der Waals surface area contributed by atoms with Gasteiger partial charge in [0.2, 0.25) is 0 Å². The van der Waals surface area contributed by atoms with E-state index in [0.717, 1.165) is 6.42 Å². The zero-order chi connectivity index (χ0) is 14.0. The maximum Gasteiger partial charge on any atom is 0.287 e. The van der Waals surface area contributed by atoms with Crippen LogP contribution in [-0.2, 0) is 0 Å². The molecule has 2 aromatic rings. The lowest BCUT2D eigenvalue weighted by Gasteiger charge is -2.23. The van der Waals surface area contributed by atoms with E-state index < -0.39 is 0 Å². The molecule has 0 fully saturated rings. The summed E-state index contributed by atoms with van der Waals surface area (Å²) in [6, 6.07) is 6.94. The van der Waals surface area contributed by atoms with E-state index in [2.05, 4.69) is 15.3 Å². The SMILES string of the molecule is CCC(C)(C)NC(=O)c1nc2ccccc2c(=O)[nH]1. The molecule has 5 nitrogen and oxygen atoms in total. The third-order valence-corrected chi connectivity index (χ3v) is 3.16. The Hall–Kier alpha value is -2.17. The number of aromatic nitrogens is 2. The van der Waals surface area contributed by atoms with Gasteiger partial charge in [-0.1, -0.05) is 19.1 Å². The molecule has 0 saturated carbocycles. The Kier molecular flexibility index (Phi) is 3.38. The number of carbonyl (C=O) groups excluding carboxylic acids is 1. The molecule has 5 heteroatoms. The van der Waals surface area contributed by atoms with E-state index >= 15 is 0 Å². The predicted octanol–water partition coefficient (Wildman–Crippen LogP) is 1.84. The molecule has 1 aromatic carbocycles. The van der Waals surface area contributed by atoms with Gasteiger partial charge in [0, 0.05) is 5.54 Å². The Bertz CT molecular complexity index is 674. The summed E-state index contributed by atoms with van der Waals surface area (Å²) in [5.74, 6) is -0.320. The molecular formula is C14H17N3O2. The topological polar surface area (TPSA) is 74.8 Å². The second-order valence-corrected chi connectivity index (χ2v) is 5.12. The van der Waals surface area contributed by atoms with Gasteiger partial charge in [-0.15, -0.1) is 0 Å². The second-order valence-electron chi connectivity index (χ2n) is 5.12. The summed E-state index contributed by atoms with van der Waals surface area (Å²) in [5.41, 5.74) is -0.114.